The second kappa shape index (κ2) is 6.53. The molecule has 0 spiro atoms. The molecule has 7 heteroatoms. The Labute approximate surface area is 142 Å². The van der Waals surface area contributed by atoms with E-state index in [0.29, 0.717) is 31.1 Å². The molecular formula is C16H24N2O3S2. The summed E-state index contributed by atoms with van der Waals surface area (Å²) in [5, 5.41) is 0. The minimum atomic E-state index is -3.43. The van der Waals surface area contributed by atoms with Crippen molar-refractivity contribution < 1.29 is 13.2 Å². The topological polar surface area (TPSA) is 57.7 Å². The van der Waals surface area contributed by atoms with Gasteiger partial charge < -0.3 is 4.90 Å². The SMILES string of the molecule is Cc1cc(S(=O)(=O)N2CCN(C(=O)C3CCCC3)CC2)c(C)s1. The summed E-state index contributed by atoms with van der Waals surface area (Å²) in [6.45, 7) is 5.59. The Morgan fingerprint density at radius 3 is 2.26 bits per heavy atom. The van der Waals surface area contributed by atoms with Gasteiger partial charge in [0.05, 0.1) is 4.90 Å². The predicted molar refractivity (Wildman–Crippen MR) is 91.1 cm³/mol. The van der Waals surface area contributed by atoms with Crippen LogP contribution in [0.1, 0.15) is 35.4 Å². The summed E-state index contributed by atoms with van der Waals surface area (Å²) in [7, 11) is -3.43. The summed E-state index contributed by atoms with van der Waals surface area (Å²) in [5.41, 5.74) is 0. The molecule has 1 aliphatic heterocycles. The Bertz CT molecular complexity index is 682. The second-order valence-corrected chi connectivity index (χ2v) is 9.86. The van der Waals surface area contributed by atoms with Gasteiger partial charge in [-0.3, -0.25) is 4.79 Å². The number of hydrogen-bond donors (Lipinski definition) is 0. The van der Waals surface area contributed by atoms with Crippen LogP contribution in [0, 0.1) is 19.8 Å². The molecule has 1 aliphatic carbocycles. The summed E-state index contributed by atoms with van der Waals surface area (Å²) >= 11 is 1.51. The Balaban J connectivity index is 1.66. The molecule has 0 unspecified atom stereocenters. The lowest BCUT2D eigenvalue weighted by Gasteiger charge is -2.35. The molecule has 0 aromatic carbocycles. The van der Waals surface area contributed by atoms with E-state index in [1.807, 2.05) is 18.7 Å². The highest BCUT2D eigenvalue weighted by Gasteiger charge is 2.34. The van der Waals surface area contributed by atoms with E-state index in [0.717, 1.165) is 35.4 Å². The number of piperazine rings is 1. The standard InChI is InChI=1S/C16H24N2O3S2/c1-12-11-15(13(2)22-12)23(20,21)18-9-7-17(8-10-18)16(19)14-5-3-4-6-14/h11,14H,3-10H2,1-2H3. The molecule has 1 saturated heterocycles. The highest BCUT2D eigenvalue weighted by Crippen LogP contribution is 2.29. The van der Waals surface area contributed by atoms with E-state index < -0.39 is 10.0 Å². The van der Waals surface area contributed by atoms with Crippen LogP contribution in [-0.4, -0.2) is 49.7 Å². The van der Waals surface area contributed by atoms with Gasteiger partial charge in [0.1, 0.15) is 0 Å². The first kappa shape index (κ1) is 16.9. The maximum atomic E-state index is 12.8. The number of carbonyl (C=O) groups is 1. The summed E-state index contributed by atoms with van der Waals surface area (Å²) in [6.07, 6.45) is 4.26. The molecule has 0 atom stereocenters. The van der Waals surface area contributed by atoms with Gasteiger partial charge in [0, 0.05) is 41.9 Å². The molecule has 1 saturated carbocycles. The molecule has 0 radical (unpaired) electrons. The van der Waals surface area contributed by atoms with Crippen LogP contribution in [0.4, 0.5) is 0 Å². The van der Waals surface area contributed by atoms with Crippen LogP contribution in [0.3, 0.4) is 0 Å². The largest absolute Gasteiger partial charge is 0.340 e. The Morgan fingerprint density at radius 1 is 1.13 bits per heavy atom. The van der Waals surface area contributed by atoms with Gasteiger partial charge in [-0.15, -0.1) is 11.3 Å². The van der Waals surface area contributed by atoms with Crippen LogP contribution in [0.5, 0.6) is 0 Å². The van der Waals surface area contributed by atoms with Crippen LogP contribution in [-0.2, 0) is 14.8 Å². The Morgan fingerprint density at radius 2 is 1.74 bits per heavy atom. The Hall–Kier alpha value is -0.920. The quantitative estimate of drug-likeness (QED) is 0.835. The van der Waals surface area contributed by atoms with E-state index >= 15 is 0 Å². The fourth-order valence-electron chi connectivity index (χ4n) is 3.58. The molecular weight excluding hydrogens is 332 g/mol. The molecule has 23 heavy (non-hydrogen) atoms. The molecule has 1 aromatic heterocycles. The zero-order valence-electron chi connectivity index (χ0n) is 13.7. The highest BCUT2D eigenvalue weighted by atomic mass is 32.2. The van der Waals surface area contributed by atoms with E-state index in [1.54, 1.807) is 6.07 Å². The monoisotopic (exact) mass is 356 g/mol. The summed E-state index contributed by atoms with van der Waals surface area (Å²) in [4.78, 5) is 16.6. The van der Waals surface area contributed by atoms with E-state index in [-0.39, 0.29) is 11.8 Å². The van der Waals surface area contributed by atoms with Crippen molar-refractivity contribution in [1.29, 1.82) is 0 Å². The normalized spacial score (nSPS) is 21.0. The molecule has 1 amide bonds. The maximum absolute atomic E-state index is 12.8. The smallest absolute Gasteiger partial charge is 0.244 e. The van der Waals surface area contributed by atoms with Gasteiger partial charge in [0.25, 0.3) is 0 Å². The fourth-order valence-corrected chi connectivity index (χ4v) is 6.53. The number of thiophene rings is 1. The van der Waals surface area contributed by atoms with Crippen LogP contribution < -0.4 is 0 Å². The molecule has 2 fully saturated rings. The van der Waals surface area contributed by atoms with Crippen LogP contribution in [0.25, 0.3) is 0 Å². The second-order valence-electron chi connectivity index (χ2n) is 6.49. The van der Waals surface area contributed by atoms with Crippen molar-refractivity contribution in [3.05, 3.63) is 15.8 Å². The maximum Gasteiger partial charge on any atom is 0.244 e. The van der Waals surface area contributed by atoms with Gasteiger partial charge in [-0.05, 0) is 32.8 Å². The van der Waals surface area contributed by atoms with Crippen molar-refractivity contribution in [2.45, 2.75) is 44.4 Å². The molecule has 2 heterocycles. The van der Waals surface area contributed by atoms with Crippen molar-refractivity contribution in [3.8, 4) is 0 Å². The third-order valence-corrected chi connectivity index (χ3v) is 7.99. The van der Waals surface area contributed by atoms with E-state index in [2.05, 4.69) is 0 Å². The van der Waals surface area contributed by atoms with Crippen molar-refractivity contribution in [3.63, 3.8) is 0 Å². The lowest BCUT2D eigenvalue weighted by Crippen LogP contribution is -2.51. The van der Waals surface area contributed by atoms with E-state index in [4.69, 9.17) is 0 Å². The van der Waals surface area contributed by atoms with Gasteiger partial charge >= 0.3 is 0 Å². The van der Waals surface area contributed by atoms with Crippen LogP contribution >= 0.6 is 11.3 Å². The Kier molecular flexibility index (Phi) is 4.80. The average Bonchev–Trinajstić information content (AvgIpc) is 3.16. The summed E-state index contributed by atoms with van der Waals surface area (Å²) < 4.78 is 27.1. The fraction of sp³-hybridized carbons (Fsp3) is 0.688. The predicted octanol–water partition coefficient (Wildman–Crippen LogP) is 2.39. The number of rotatable bonds is 3. The molecule has 5 nitrogen and oxygen atoms in total. The number of aryl methyl sites for hydroxylation is 2. The zero-order chi connectivity index (χ0) is 16.6. The lowest BCUT2D eigenvalue weighted by molar-refractivity contribution is -0.136. The first-order valence-electron chi connectivity index (χ1n) is 8.25. The molecule has 128 valence electrons. The van der Waals surface area contributed by atoms with E-state index in [9.17, 15) is 13.2 Å². The summed E-state index contributed by atoms with van der Waals surface area (Å²) in [5.74, 6) is 0.391. The van der Waals surface area contributed by atoms with E-state index in [1.165, 1.54) is 15.6 Å². The van der Waals surface area contributed by atoms with Crippen molar-refractivity contribution in [1.82, 2.24) is 9.21 Å². The van der Waals surface area contributed by atoms with Crippen molar-refractivity contribution >= 4 is 27.3 Å². The van der Waals surface area contributed by atoms with Crippen molar-refractivity contribution in [2.75, 3.05) is 26.2 Å². The molecule has 0 N–H and O–H groups in total. The third kappa shape index (κ3) is 3.32. The minimum Gasteiger partial charge on any atom is -0.340 e. The van der Waals surface area contributed by atoms with Gasteiger partial charge in [-0.25, -0.2) is 8.42 Å². The number of carbonyl (C=O) groups excluding carboxylic acids is 1. The highest BCUT2D eigenvalue weighted by molar-refractivity contribution is 7.89. The van der Waals surface area contributed by atoms with Crippen LogP contribution in [0.2, 0.25) is 0 Å². The molecule has 1 aromatic rings. The van der Waals surface area contributed by atoms with Crippen LogP contribution in [0.15, 0.2) is 11.0 Å². The van der Waals surface area contributed by atoms with Gasteiger partial charge in [0.15, 0.2) is 0 Å². The lowest BCUT2D eigenvalue weighted by atomic mass is 10.1. The van der Waals surface area contributed by atoms with Gasteiger partial charge in [0.2, 0.25) is 15.9 Å². The number of amides is 1. The van der Waals surface area contributed by atoms with Crippen molar-refractivity contribution in [2.24, 2.45) is 5.92 Å². The van der Waals surface area contributed by atoms with Gasteiger partial charge in [-0.2, -0.15) is 4.31 Å². The average molecular weight is 357 g/mol. The molecule has 3 rings (SSSR count). The minimum absolute atomic E-state index is 0.167. The molecule has 2 aliphatic rings. The number of sulfonamides is 1. The third-order valence-electron chi connectivity index (χ3n) is 4.87. The first-order chi connectivity index (χ1) is 10.9. The van der Waals surface area contributed by atoms with Gasteiger partial charge in [-0.1, -0.05) is 12.8 Å². The first-order valence-corrected chi connectivity index (χ1v) is 10.5. The zero-order valence-corrected chi connectivity index (χ0v) is 15.4. The summed E-state index contributed by atoms with van der Waals surface area (Å²) in [6, 6.07) is 1.76. The molecule has 0 bridgehead atoms. The number of hydrogen-bond acceptors (Lipinski definition) is 4. The number of nitrogens with zero attached hydrogens (tertiary/aromatic N) is 2.